The van der Waals surface area contributed by atoms with Crippen molar-refractivity contribution >= 4 is 10.9 Å². The van der Waals surface area contributed by atoms with Crippen molar-refractivity contribution in [1.29, 1.82) is 0 Å². The second kappa shape index (κ2) is 3.63. The van der Waals surface area contributed by atoms with Gasteiger partial charge in [-0.3, -0.25) is 4.79 Å². The third-order valence-electron chi connectivity index (χ3n) is 4.27. The van der Waals surface area contributed by atoms with E-state index in [2.05, 4.69) is 42.0 Å². The van der Waals surface area contributed by atoms with Gasteiger partial charge in [0, 0.05) is 28.2 Å². The summed E-state index contributed by atoms with van der Waals surface area (Å²) in [6.45, 7) is 4.47. The Morgan fingerprint density at radius 2 is 1.85 bits per heavy atom. The Balaban J connectivity index is 2.15. The highest BCUT2D eigenvalue weighted by atomic mass is 16.1. The van der Waals surface area contributed by atoms with Crippen LogP contribution in [0.15, 0.2) is 41.2 Å². The number of H-pyrrole nitrogens is 2. The molecular formula is C17H16N2O. The second-order valence-electron chi connectivity index (χ2n) is 6.20. The Labute approximate surface area is 116 Å². The molecule has 3 aromatic rings. The number of para-hydroxylation sites is 1. The van der Waals surface area contributed by atoms with Crippen LogP contribution in [0.1, 0.15) is 25.1 Å². The van der Waals surface area contributed by atoms with Crippen molar-refractivity contribution in [2.75, 3.05) is 0 Å². The van der Waals surface area contributed by atoms with E-state index in [0.29, 0.717) is 0 Å². The van der Waals surface area contributed by atoms with E-state index in [4.69, 9.17) is 0 Å². The Kier molecular flexibility index (Phi) is 2.09. The third kappa shape index (κ3) is 1.43. The van der Waals surface area contributed by atoms with Crippen LogP contribution in [0.25, 0.3) is 22.2 Å². The summed E-state index contributed by atoms with van der Waals surface area (Å²) in [5, 5.41) is 1.28. The molecule has 0 unspecified atom stereocenters. The number of rotatable bonds is 0. The average molecular weight is 264 g/mol. The zero-order valence-electron chi connectivity index (χ0n) is 11.6. The zero-order chi connectivity index (χ0) is 13.9. The summed E-state index contributed by atoms with van der Waals surface area (Å²) in [4.78, 5) is 18.1. The molecule has 2 aromatic heterocycles. The van der Waals surface area contributed by atoms with E-state index < -0.39 is 0 Å². The molecule has 100 valence electrons. The van der Waals surface area contributed by atoms with E-state index in [9.17, 15) is 4.79 Å². The lowest BCUT2D eigenvalue weighted by Gasteiger charge is -2.31. The number of benzene rings is 1. The summed E-state index contributed by atoms with van der Waals surface area (Å²) in [7, 11) is 0. The van der Waals surface area contributed by atoms with Gasteiger partial charge in [-0.1, -0.05) is 32.0 Å². The van der Waals surface area contributed by atoms with Gasteiger partial charge >= 0.3 is 0 Å². The molecule has 0 spiro atoms. The first-order chi connectivity index (χ1) is 9.56. The lowest BCUT2D eigenvalue weighted by atomic mass is 9.73. The Hall–Kier alpha value is -2.29. The minimum absolute atomic E-state index is 0.00618. The van der Waals surface area contributed by atoms with Crippen LogP contribution in [-0.2, 0) is 11.8 Å². The fourth-order valence-electron chi connectivity index (χ4n) is 3.47. The van der Waals surface area contributed by atoms with Gasteiger partial charge < -0.3 is 9.97 Å². The highest BCUT2D eigenvalue weighted by Gasteiger charge is 2.34. The van der Waals surface area contributed by atoms with Crippen molar-refractivity contribution in [1.82, 2.24) is 9.97 Å². The maximum absolute atomic E-state index is 11.6. The molecule has 1 aliphatic rings. The van der Waals surface area contributed by atoms with Crippen LogP contribution in [-0.4, -0.2) is 9.97 Å². The molecule has 1 aromatic carbocycles. The summed E-state index contributed by atoms with van der Waals surface area (Å²) >= 11 is 0. The van der Waals surface area contributed by atoms with Crippen molar-refractivity contribution in [3.63, 3.8) is 0 Å². The highest BCUT2D eigenvalue weighted by Crippen LogP contribution is 2.45. The van der Waals surface area contributed by atoms with Crippen molar-refractivity contribution in [2.45, 2.75) is 25.7 Å². The van der Waals surface area contributed by atoms with Gasteiger partial charge in [-0.15, -0.1) is 0 Å². The summed E-state index contributed by atoms with van der Waals surface area (Å²) in [6, 6.07) is 11.9. The van der Waals surface area contributed by atoms with Crippen LogP contribution >= 0.6 is 0 Å². The van der Waals surface area contributed by atoms with Crippen molar-refractivity contribution in [2.24, 2.45) is 0 Å². The average Bonchev–Trinajstić information content (AvgIpc) is 2.78. The number of pyridine rings is 1. The Morgan fingerprint density at radius 1 is 1.05 bits per heavy atom. The Bertz CT molecular complexity index is 883. The quantitative estimate of drug-likeness (QED) is 0.642. The van der Waals surface area contributed by atoms with Crippen LogP contribution in [0.2, 0.25) is 0 Å². The highest BCUT2D eigenvalue weighted by molar-refractivity contribution is 5.93. The van der Waals surface area contributed by atoms with Crippen molar-refractivity contribution in [3.8, 4) is 11.3 Å². The van der Waals surface area contributed by atoms with Crippen molar-refractivity contribution in [3.05, 3.63) is 58.0 Å². The first kappa shape index (κ1) is 11.5. The predicted octanol–water partition coefficient (Wildman–Crippen LogP) is 3.36. The van der Waals surface area contributed by atoms with Crippen molar-refractivity contribution < 1.29 is 0 Å². The minimum Gasteiger partial charge on any atom is -0.354 e. The number of fused-ring (bicyclic) bond motifs is 5. The molecule has 20 heavy (non-hydrogen) atoms. The van der Waals surface area contributed by atoms with Gasteiger partial charge in [-0.2, -0.15) is 0 Å². The molecule has 0 saturated carbocycles. The van der Waals surface area contributed by atoms with E-state index in [-0.39, 0.29) is 11.0 Å². The summed E-state index contributed by atoms with van der Waals surface area (Å²) < 4.78 is 0. The lowest BCUT2D eigenvalue weighted by molar-refractivity contribution is 0.513. The Morgan fingerprint density at radius 3 is 2.70 bits per heavy atom. The first-order valence-electron chi connectivity index (χ1n) is 6.90. The molecule has 0 amide bonds. The number of hydrogen-bond donors (Lipinski definition) is 2. The first-order valence-corrected chi connectivity index (χ1v) is 6.90. The third-order valence-corrected chi connectivity index (χ3v) is 4.27. The second-order valence-corrected chi connectivity index (χ2v) is 6.20. The summed E-state index contributed by atoms with van der Waals surface area (Å²) in [5.41, 5.74) is 5.79. The molecule has 1 aliphatic carbocycles. The number of aromatic amines is 2. The molecule has 0 atom stereocenters. The number of aromatic nitrogens is 2. The predicted molar refractivity (Wildman–Crippen MR) is 81.1 cm³/mol. The maximum Gasteiger partial charge on any atom is 0.248 e. The fourth-order valence-corrected chi connectivity index (χ4v) is 3.47. The molecule has 0 radical (unpaired) electrons. The molecular weight excluding hydrogens is 248 g/mol. The van der Waals surface area contributed by atoms with E-state index in [0.717, 1.165) is 28.9 Å². The molecule has 2 heterocycles. The molecule has 3 heteroatoms. The molecule has 2 N–H and O–H groups in total. The zero-order valence-corrected chi connectivity index (χ0v) is 11.6. The molecule has 3 nitrogen and oxygen atoms in total. The summed E-state index contributed by atoms with van der Waals surface area (Å²) in [5.74, 6) is 0. The van der Waals surface area contributed by atoms with E-state index in [1.54, 1.807) is 6.07 Å². The largest absolute Gasteiger partial charge is 0.354 e. The van der Waals surface area contributed by atoms with Crippen LogP contribution < -0.4 is 5.56 Å². The molecule has 0 fully saturated rings. The van der Waals surface area contributed by atoms with Crippen LogP contribution in [0.4, 0.5) is 0 Å². The normalized spacial score (nSPS) is 15.9. The van der Waals surface area contributed by atoms with Crippen LogP contribution in [0, 0.1) is 0 Å². The molecule has 0 aliphatic heterocycles. The monoisotopic (exact) mass is 264 g/mol. The van der Waals surface area contributed by atoms with Crippen LogP contribution in [0.3, 0.4) is 0 Å². The number of nitrogens with one attached hydrogen (secondary N) is 2. The smallest absolute Gasteiger partial charge is 0.248 e. The SMILES string of the molecule is CC1(C)Cc2[nH]c(=O)ccc2-c2[nH]c3ccccc3c21. The maximum atomic E-state index is 11.6. The van der Waals surface area contributed by atoms with E-state index >= 15 is 0 Å². The molecule has 0 bridgehead atoms. The van der Waals surface area contributed by atoms with Gasteiger partial charge in [0.1, 0.15) is 0 Å². The van der Waals surface area contributed by atoms with Gasteiger partial charge in [0.05, 0.1) is 5.69 Å². The molecule has 4 rings (SSSR count). The van der Waals surface area contributed by atoms with Gasteiger partial charge in [0.25, 0.3) is 0 Å². The van der Waals surface area contributed by atoms with E-state index in [1.807, 2.05) is 12.1 Å². The molecule has 0 saturated heterocycles. The topological polar surface area (TPSA) is 48.6 Å². The fraction of sp³-hybridized carbons (Fsp3) is 0.235. The van der Waals surface area contributed by atoms with Crippen LogP contribution in [0.5, 0.6) is 0 Å². The van der Waals surface area contributed by atoms with Gasteiger partial charge in [-0.25, -0.2) is 0 Å². The van der Waals surface area contributed by atoms with E-state index in [1.165, 1.54) is 10.9 Å². The summed E-state index contributed by atoms with van der Waals surface area (Å²) in [6.07, 6.45) is 0.854. The van der Waals surface area contributed by atoms with Gasteiger partial charge in [0.15, 0.2) is 0 Å². The van der Waals surface area contributed by atoms with Gasteiger partial charge in [0.2, 0.25) is 5.56 Å². The number of hydrogen-bond acceptors (Lipinski definition) is 1. The minimum atomic E-state index is -0.0286. The standard InChI is InChI=1S/C17H16N2O/c1-17(2)9-13-11(7-8-14(20)18-13)16-15(17)10-5-3-4-6-12(10)19-16/h3-8,19H,9H2,1-2H3,(H,18,20). The lowest BCUT2D eigenvalue weighted by Crippen LogP contribution is -2.27. The van der Waals surface area contributed by atoms with Gasteiger partial charge in [-0.05, 0) is 29.5 Å².